The summed E-state index contributed by atoms with van der Waals surface area (Å²) in [5, 5.41) is 71.4. The number of carbonyl (C=O) groups excluding carboxylic acids is 2. The van der Waals surface area contributed by atoms with Gasteiger partial charge in [-0.15, -0.1) is 10.2 Å². The topological polar surface area (TPSA) is 289 Å². The molecule has 4 heterocycles. The zero-order chi connectivity index (χ0) is 54.1. The Morgan fingerprint density at radius 1 is 0.649 bits per heavy atom. The Morgan fingerprint density at radius 2 is 1.01 bits per heavy atom. The van der Waals surface area contributed by atoms with Crippen LogP contribution < -0.4 is 21.2 Å². The Labute approximate surface area is 413 Å². The maximum atomic E-state index is 13.4. The van der Waals surface area contributed by atoms with Gasteiger partial charge in [-0.1, -0.05) is 24.3 Å². The molecule has 26 heteroatoms. The number of H-pyrrole nitrogens is 2. The van der Waals surface area contributed by atoms with Crippen LogP contribution >= 0.6 is 0 Å². The second-order valence-electron chi connectivity index (χ2n) is 16.3. The molecule has 0 spiro atoms. The molecule has 6 N–H and O–H groups in total. The SMILES string of the molecule is COC(=O)C1=C(C)N(c2cccc(C(F)(F)F)c2)c2n[nH]c(=O)n2[C@@H]1c1ccc(C#N)cc1C(O)CO.COC(=O)C1=C(C)N(c2cccc(C(F)(F)F)c2)c2n[nH]c(=O)n2[C@@H]1c1ccc(C#N)cc1C(O)CO. The van der Waals surface area contributed by atoms with Crippen LogP contribution in [0.15, 0.2) is 117 Å². The molecule has 2 aromatic heterocycles. The number of alkyl halides is 6. The van der Waals surface area contributed by atoms with E-state index in [0.29, 0.717) is 0 Å². The summed E-state index contributed by atoms with van der Waals surface area (Å²) in [7, 11) is 2.20. The lowest BCUT2D eigenvalue weighted by molar-refractivity contribution is -0.138. The minimum absolute atomic E-state index is 0.0251. The number of benzene rings is 4. The smallest absolute Gasteiger partial charge is 0.416 e. The fraction of sp³-hybridized carbons (Fsp3) is 0.250. The summed E-state index contributed by atoms with van der Waals surface area (Å²) in [6, 6.07) is 18.1. The highest BCUT2D eigenvalue weighted by Crippen LogP contribution is 2.46. The molecule has 0 radical (unpaired) electrons. The van der Waals surface area contributed by atoms with Crippen LogP contribution in [0, 0.1) is 22.7 Å². The minimum atomic E-state index is -4.65. The summed E-state index contributed by atoms with van der Waals surface area (Å²) in [5.74, 6) is -2.06. The Hall–Kier alpha value is -8.82. The zero-order valence-electron chi connectivity index (χ0n) is 38.9. The van der Waals surface area contributed by atoms with Crippen LogP contribution in [-0.4, -0.2) is 89.3 Å². The van der Waals surface area contributed by atoms with Crippen molar-refractivity contribution in [1.82, 2.24) is 29.5 Å². The molecule has 0 bridgehead atoms. The van der Waals surface area contributed by atoms with Crippen LogP contribution in [0.4, 0.5) is 49.6 Å². The molecule has 2 aliphatic heterocycles. The van der Waals surface area contributed by atoms with Crippen LogP contribution in [0.5, 0.6) is 0 Å². The lowest BCUT2D eigenvalue weighted by Gasteiger charge is -2.36. The number of fused-ring (bicyclic) bond motifs is 2. The van der Waals surface area contributed by atoms with E-state index in [9.17, 15) is 76.5 Å². The van der Waals surface area contributed by atoms with Crippen molar-refractivity contribution in [2.24, 2.45) is 0 Å². The second kappa shape index (κ2) is 20.7. The van der Waals surface area contributed by atoms with E-state index in [1.165, 1.54) is 84.3 Å². The summed E-state index contributed by atoms with van der Waals surface area (Å²) in [6.07, 6.45) is -12.3. The number of esters is 2. The summed E-state index contributed by atoms with van der Waals surface area (Å²) >= 11 is 0. The molecule has 8 rings (SSSR count). The number of anilines is 4. The Kier molecular flexibility index (Phi) is 14.8. The molecule has 0 amide bonds. The van der Waals surface area contributed by atoms with E-state index in [4.69, 9.17) is 9.47 Å². The Bertz CT molecular complexity index is 3230. The first-order valence-corrected chi connectivity index (χ1v) is 21.6. The van der Waals surface area contributed by atoms with Crippen LogP contribution in [0.2, 0.25) is 0 Å². The van der Waals surface area contributed by atoms with Crippen LogP contribution in [-0.2, 0) is 31.4 Å². The van der Waals surface area contributed by atoms with Gasteiger partial charge in [0.05, 0.1) is 73.0 Å². The number of aliphatic hydroxyl groups is 4. The lowest BCUT2D eigenvalue weighted by Crippen LogP contribution is -2.38. The molecule has 4 atom stereocenters. The van der Waals surface area contributed by atoms with Crippen LogP contribution in [0.25, 0.3) is 0 Å². The predicted octanol–water partition coefficient (Wildman–Crippen LogP) is 5.35. The molecule has 0 saturated carbocycles. The van der Waals surface area contributed by atoms with Gasteiger partial charge in [0.2, 0.25) is 11.9 Å². The maximum absolute atomic E-state index is 13.4. The number of nitrogens with zero attached hydrogens (tertiary/aromatic N) is 8. The molecule has 384 valence electrons. The third-order valence-corrected chi connectivity index (χ3v) is 12.0. The van der Waals surface area contributed by atoms with Gasteiger partial charge in [0.25, 0.3) is 0 Å². The summed E-state index contributed by atoms with van der Waals surface area (Å²) < 4.78 is 92.7. The molecule has 4 aromatic carbocycles. The number of allylic oxidation sites excluding steroid dienone is 2. The van der Waals surface area contributed by atoms with E-state index < -0.39 is 84.3 Å². The quantitative estimate of drug-likeness (QED) is 0.0745. The molecule has 74 heavy (non-hydrogen) atoms. The molecule has 2 unspecified atom stereocenters. The highest BCUT2D eigenvalue weighted by Gasteiger charge is 2.43. The van der Waals surface area contributed by atoms with E-state index in [0.717, 1.165) is 47.6 Å². The van der Waals surface area contributed by atoms with Crippen LogP contribution in [0.3, 0.4) is 0 Å². The number of nitrogens with one attached hydrogen (secondary N) is 2. The van der Waals surface area contributed by atoms with E-state index in [2.05, 4.69) is 20.4 Å². The number of rotatable bonds is 10. The molecule has 0 saturated heterocycles. The fourth-order valence-electron chi connectivity index (χ4n) is 8.72. The average molecular weight is 1030 g/mol. The lowest BCUT2D eigenvalue weighted by atomic mass is 9.88. The van der Waals surface area contributed by atoms with Gasteiger partial charge in [0.15, 0.2) is 0 Å². The normalized spacial score (nSPS) is 16.3. The van der Waals surface area contributed by atoms with Gasteiger partial charge < -0.3 is 29.9 Å². The molecule has 0 fully saturated rings. The third kappa shape index (κ3) is 9.64. The van der Waals surface area contributed by atoms with Crippen molar-refractivity contribution in [3.63, 3.8) is 0 Å². The maximum Gasteiger partial charge on any atom is 0.416 e. The molecular formula is C48H40F6N10O10. The van der Waals surface area contributed by atoms with Gasteiger partial charge in [-0.05, 0) is 96.8 Å². The van der Waals surface area contributed by atoms with Gasteiger partial charge in [-0.2, -0.15) is 36.9 Å². The Morgan fingerprint density at radius 3 is 1.32 bits per heavy atom. The first-order chi connectivity index (χ1) is 35.1. The second-order valence-corrected chi connectivity index (χ2v) is 16.3. The molecular weight excluding hydrogens is 991 g/mol. The molecule has 6 aromatic rings. The molecule has 20 nitrogen and oxygen atoms in total. The summed E-state index contributed by atoms with van der Waals surface area (Å²) in [4.78, 5) is 54.6. The number of methoxy groups -OCH3 is 2. The number of halogens is 6. The van der Waals surface area contributed by atoms with E-state index in [1.54, 1.807) is 0 Å². The van der Waals surface area contributed by atoms with Crippen molar-refractivity contribution in [3.8, 4) is 12.1 Å². The number of hydrogen-bond donors (Lipinski definition) is 6. The van der Waals surface area contributed by atoms with Crippen molar-refractivity contribution < 1.29 is 65.8 Å². The first-order valence-electron chi connectivity index (χ1n) is 21.6. The van der Waals surface area contributed by atoms with E-state index in [1.807, 2.05) is 12.1 Å². The minimum Gasteiger partial charge on any atom is -0.466 e. The number of aromatic nitrogens is 6. The van der Waals surface area contributed by atoms with Crippen molar-refractivity contribution in [2.75, 3.05) is 37.2 Å². The standard InChI is InChI=1S/2C24H20F3N5O5/c2*1-12-19(21(35)37-2)20(16-7-6-13(10-28)8-17(16)18(34)11-33)32-22(29-30-23(32)36)31(12)15-5-3-4-14(9-15)24(25,26)27/h2*3-9,18,20,33-34H,11H2,1-2H3,(H,30,36)/t2*18?,20-/m11/s1. The van der Waals surface area contributed by atoms with E-state index >= 15 is 0 Å². The fourth-order valence-corrected chi connectivity index (χ4v) is 8.72. The van der Waals surface area contributed by atoms with E-state index in [-0.39, 0.29) is 79.2 Å². The highest BCUT2D eigenvalue weighted by atomic mass is 19.4. The van der Waals surface area contributed by atoms with Gasteiger partial charge in [-0.3, -0.25) is 9.80 Å². The number of aliphatic hydroxyl groups excluding tert-OH is 4. The first kappa shape index (κ1) is 53.0. The third-order valence-electron chi connectivity index (χ3n) is 12.0. The van der Waals surface area contributed by atoms with Gasteiger partial charge >= 0.3 is 35.7 Å². The van der Waals surface area contributed by atoms with Crippen molar-refractivity contribution in [1.29, 1.82) is 10.5 Å². The van der Waals surface area contributed by atoms with Crippen molar-refractivity contribution in [3.05, 3.63) is 173 Å². The predicted molar refractivity (Wildman–Crippen MR) is 245 cm³/mol. The van der Waals surface area contributed by atoms with Gasteiger partial charge in [-0.25, -0.2) is 38.5 Å². The van der Waals surface area contributed by atoms with Gasteiger partial charge in [0.1, 0.15) is 24.3 Å². The number of hydrogen-bond acceptors (Lipinski definition) is 16. The number of aromatic amines is 2. The highest BCUT2D eigenvalue weighted by molar-refractivity contribution is 5.94. The average Bonchev–Trinajstić information content (AvgIpc) is 3.97. The van der Waals surface area contributed by atoms with Crippen LogP contribution in [0.1, 0.15) is 82.6 Å². The number of carbonyl (C=O) groups is 2. The number of ether oxygens (including phenoxy) is 2. The summed E-state index contributed by atoms with van der Waals surface area (Å²) in [5.41, 5.74) is -2.85. The number of nitriles is 2. The van der Waals surface area contributed by atoms with Gasteiger partial charge in [0, 0.05) is 22.8 Å². The molecule has 2 aliphatic rings. The van der Waals surface area contributed by atoms with Crippen molar-refractivity contribution >= 4 is 35.2 Å². The van der Waals surface area contributed by atoms with Crippen molar-refractivity contribution in [2.45, 2.75) is 50.5 Å². The largest absolute Gasteiger partial charge is 0.466 e. The Balaban J connectivity index is 0.000000216. The molecule has 0 aliphatic carbocycles. The monoisotopic (exact) mass is 1030 g/mol. The summed E-state index contributed by atoms with van der Waals surface area (Å²) in [6.45, 7) is 1.45. The zero-order valence-corrected chi connectivity index (χ0v) is 38.9.